The number of hydrogen-bond acceptors (Lipinski definition) is 6. The lowest BCUT2D eigenvalue weighted by Crippen LogP contribution is -2.58. The highest BCUT2D eigenvalue weighted by molar-refractivity contribution is 5.91. The predicted molar refractivity (Wildman–Crippen MR) is 111 cm³/mol. The van der Waals surface area contributed by atoms with E-state index in [1.165, 1.54) is 0 Å². The van der Waals surface area contributed by atoms with Crippen LogP contribution in [0.2, 0.25) is 0 Å². The maximum atomic E-state index is 13.5. The molecule has 0 radical (unpaired) electrons. The zero-order valence-corrected chi connectivity index (χ0v) is 18.3. The van der Waals surface area contributed by atoms with Crippen molar-refractivity contribution in [2.45, 2.75) is 58.5 Å². The molecule has 1 aromatic heterocycles. The summed E-state index contributed by atoms with van der Waals surface area (Å²) in [5.41, 5.74) is 1.69. The fourth-order valence-electron chi connectivity index (χ4n) is 4.38. The summed E-state index contributed by atoms with van der Waals surface area (Å²) in [6.07, 6.45) is 2.84. The Morgan fingerprint density at radius 2 is 1.93 bits per heavy atom. The molecule has 2 aliphatic heterocycles. The van der Waals surface area contributed by atoms with Gasteiger partial charge < -0.3 is 19.4 Å². The van der Waals surface area contributed by atoms with Crippen molar-refractivity contribution in [3.05, 3.63) is 17.1 Å². The number of hydrogen-bond donors (Lipinski definition) is 0. The van der Waals surface area contributed by atoms with Gasteiger partial charge in [-0.15, -0.1) is 0 Å². The lowest BCUT2D eigenvalue weighted by atomic mass is 9.90. The normalized spacial score (nSPS) is 22.2. The van der Waals surface area contributed by atoms with E-state index in [0.29, 0.717) is 31.6 Å². The molecule has 0 aliphatic carbocycles. The monoisotopic (exact) mass is 389 g/mol. The van der Waals surface area contributed by atoms with Gasteiger partial charge in [0.2, 0.25) is 5.82 Å². The fraction of sp³-hybridized carbons (Fsp3) is 0.762. The van der Waals surface area contributed by atoms with Crippen LogP contribution in [-0.2, 0) is 4.74 Å². The zero-order chi connectivity index (χ0) is 20.5. The second-order valence-electron chi connectivity index (χ2n) is 8.37. The van der Waals surface area contributed by atoms with Crippen LogP contribution < -0.4 is 4.90 Å². The molecule has 1 atom stereocenters. The number of nitrogens with zero attached hydrogens (tertiary/aromatic N) is 5. The summed E-state index contributed by atoms with van der Waals surface area (Å²) in [6, 6.07) is 0.515. The molecule has 3 rings (SSSR count). The molecular weight excluding hydrogens is 354 g/mol. The molecule has 0 saturated carbocycles. The molecule has 28 heavy (non-hydrogen) atoms. The van der Waals surface area contributed by atoms with E-state index < -0.39 is 0 Å². The number of aryl methyl sites for hydroxylation is 1. The topological polar surface area (TPSA) is 61.8 Å². The number of carbonyl (C=O) groups excluding carboxylic acids is 1. The first-order chi connectivity index (χ1) is 13.3. The molecule has 2 fully saturated rings. The van der Waals surface area contributed by atoms with E-state index in [0.717, 1.165) is 49.4 Å². The fourth-order valence-corrected chi connectivity index (χ4v) is 4.38. The van der Waals surface area contributed by atoms with Crippen LogP contribution >= 0.6 is 0 Å². The van der Waals surface area contributed by atoms with Gasteiger partial charge in [0.25, 0.3) is 5.91 Å². The van der Waals surface area contributed by atoms with Gasteiger partial charge in [-0.1, -0.05) is 13.8 Å². The van der Waals surface area contributed by atoms with Crippen LogP contribution in [0.3, 0.4) is 0 Å². The molecule has 0 N–H and O–H groups in total. The number of carbonyl (C=O) groups is 1. The van der Waals surface area contributed by atoms with Gasteiger partial charge in [0.1, 0.15) is 5.82 Å². The lowest BCUT2D eigenvalue weighted by Gasteiger charge is -2.46. The van der Waals surface area contributed by atoms with E-state index in [2.05, 4.69) is 49.7 Å². The van der Waals surface area contributed by atoms with E-state index in [4.69, 9.17) is 9.72 Å². The minimum absolute atomic E-state index is 0.0697. The number of morpholine rings is 1. The third kappa shape index (κ3) is 3.74. The Morgan fingerprint density at radius 1 is 1.21 bits per heavy atom. The number of likely N-dealkylation sites (N-methyl/N-ethyl adjacent to an activating group) is 1. The molecule has 2 aliphatic rings. The Bertz CT molecular complexity index is 717. The zero-order valence-electron chi connectivity index (χ0n) is 18.3. The first-order valence-corrected chi connectivity index (χ1v) is 10.5. The van der Waals surface area contributed by atoms with Gasteiger partial charge in [-0.2, -0.15) is 0 Å². The molecular formula is C21H35N5O2. The van der Waals surface area contributed by atoms with E-state index in [-0.39, 0.29) is 11.4 Å². The van der Waals surface area contributed by atoms with Gasteiger partial charge in [-0.25, -0.2) is 9.97 Å². The minimum Gasteiger partial charge on any atom is -0.377 e. The second kappa shape index (κ2) is 8.33. The molecule has 156 valence electrons. The van der Waals surface area contributed by atoms with Crippen molar-refractivity contribution in [1.82, 2.24) is 19.8 Å². The van der Waals surface area contributed by atoms with Crippen LogP contribution in [0.1, 0.15) is 55.0 Å². The SMILES string of the molecule is CCC1(CC)COCCN1C(=O)c1nc(C)c(C)c(N2CC[C@@H](N(C)C)C2)n1. The Kier molecular flexibility index (Phi) is 6.25. The van der Waals surface area contributed by atoms with Crippen molar-refractivity contribution in [1.29, 1.82) is 0 Å². The number of aromatic nitrogens is 2. The van der Waals surface area contributed by atoms with E-state index in [1.807, 2.05) is 11.8 Å². The Labute approximate surface area is 169 Å². The second-order valence-corrected chi connectivity index (χ2v) is 8.37. The highest BCUT2D eigenvalue weighted by Crippen LogP contribution is 2.30. The van der Waals surface area contributed by atoms with Crippen LogP contribution in [0.4, 0.5) is 5.82 Å². The van der Waals surface area contributed by atoms with Crippen LogP contribution in [0, 0.1) is 13.8 Å². The Morgan fingerprint density at radius 3 is 2.54 bits per heavy atom. The molecule has 0 bridgehead atoms. The molecule has 1 amide bonds. The Balaban J connectivity index is 1.92. The Hall–Kier alpha value is -1.73. The first kappa shape index (κ1) is 21.0. The van der Waals surface area contributed by atoms with Crippen molar-refractivity contribution < 1.29 is 9.53 Å². The van der Waals surface area contributed by atoms with Gasteiger partial charge in [0.05, 0.1) is 18.8 Å². The summed E-state index contributed by atoms with van der Waals surface area (Å²) in [5, 5.41) is 0. The van der Waals surface area contributed by atoms with E-state index in [9.17, 15) is 4.79 Å². The maximum absolute atomic E-state index is 13.5. The third-order valence-electron chi connectivity index (χ3n) is 6.71. The lowest BCUT2D eigenvalue weighted by molar-refractivity contribution is -0.0570. The van der Waals surface area contributed by atoms with E-state index >= 15 is 0 Å². The van der Waals surface area contributed by atoms with Crippen molar-refractivity contribution in [2.75, 3.05) is 51.8 Å². The smallest absolute Gasteiger partial charge is 0.292 e. The summed E-state index contributed by atoms with van der Waals surface area (Å²) in [5.74, 6) is 1.16. The van der Waals surface area contributed by atoms with Crippen molar-refractivity contribution >= 4 is 11.7 Å². The molecule has 2 saturated heterocycles. The van der Waals surface area contributed by atoms with Gasteiger partial charge in [-0.3, -0.25) is 4.79 Å². The largest absolute Gasteiger partial charge is 0.377 e. The van der Waals surface area contributed by atoms with Crippen molar-refractivity contribution in [2.24, 2.45) is 0 Å². The van der Waals surface area contributed by atoms with Gasteiger partial charge in [0.15, 0.2) is 0 Å². The van der Waals surface area contributed by atoms with Gasteiger partial charge in [0, 0.05) is 36.9 Å². The van der Waals surface area contributed by atoms with Crippen molar-refractivity contribution in [3.8, 4) is 0 Å². The van der Waals surface area contributed by atoms with Gasteiger partial charge in [-0.05, 0) is 47.2 Å². The summed E-state index contributed by atoms with van der Waals surface area (Å²) in [4.78, 5) is 29.3. The number of rotatable bonds is 5. The molecule has 0 spiro atoms. The summed E-state index contributed by atoms with van der Waals surface area (Å²) in [7, 11) is 4.24. The number of anilines is 1. The average molecular weight is 390 g/mol. The van der Waals surface area contributed by atoms with Crippen LogP contribution in [0.5, 0.6) is 0 Å². The highest BCUT2D eigenvalue weighted by Gasteiger charge is 2.41. The maximum Gasteiger partial charge on any atom is 0.292 e. The quantitative estimate of drug-likeness (QED) is 0.770. The molecule has 3 heterocycles. The van der Waals surface area contributed by atoms with E-state index in [1.54, 1.807) is 0 Å². The highest BCUT2D eigenvalue weighted by atomic mass is 16.5. The average Bonchev–Trinajstić information content (AvgIpc) is 3.19. The third-order valence-corrected chi connectivity index (χ3v) is 6.71. The van der Waals surface area contributed by atoms with Crippen molar-refractivity contribution in [3.63, 3.8) is 0 Å². The summed E-state index contributed by atoms with van der Waals surface area (Å²) in [6.45, 7) is 11.9. The number of ether oxygens (including phenoxy) is 1. The molecule has 0 unspecified atom stereocenters. The van der Waals surface area contributed by atoms with Crippen LogP contribution in [0.25, 0.3) is 0 Å². The first-order valence-electron chi connectivity index (χ1n) is 10.5. The summed E-state index contributed by atoms with van der Waals surface area (Å²) >= 11 is 0. The molecule has 0 aromatic carbocycles. The van der Waals surface area contributed by atoms with Gasteiger partial charge >= 0.3 is 0 Å². The van der Waals surface area contributed by atoms with Crippen LogP contribution in [-0.4, -0.2) is 84.2 Å². The molecule has 7 nitrogen and oxygen atoms in total. The minimum atomic E-state index is -0.263. The summed E-state index contributed by atoms with van der Waals surface area (Å²) < 4.78 is 5.72. The standard InChI is InChI=1S/C21H35N5O2/c1-7-21(8-2)14-28-12-11-26(21)20(27)18-22-16(4)15(3)19(23-18)25-10-9-17(13-25)24(5)6/h17H,7-14H2,1-6H3/t17-/m1/s1. The molecule has 1 aromatic rings. The molecule has 7 heteroatoms. The number of amides is 1. The predicted octanol–water partition coefficient (Wildman–Crippen LogP) is 2.26. The van der Waals surface area contributed by atoms with Crippen LogP contribution in [0.15, 0.2) is 0 Å².